The highest BCUT2D eigenvalue weighted by molar-refractivity contribution is 14.1. The number of halogens is 1. The van der Waals surface area contributed by atoms with E-state index in [0.29, 0.717) is 18.0 Å². The smallest absolute Gasteiger partial charge is 0.267 e. The van der Waals surface area contributed by atoms with Gasteiger partial charge in [0, 0.05) is 22.4 Å². The van der Waals surface area contributed by atoms with Crippen molar-refractivity contribution in [3.05, 3.63) is 21.5 Å². The van der Waals surface area contributed by atoms with Gasteiger partial charge in [0.25, 0.3) is 5.91 Å². The zero-order valence-electron chi connectivity index (χ0n) is 9.46. The first kappa shape index (κ1) is 13.5. The van der Waals surface area contributed by atoms with Crippen LogP contribution in [0.2, 0.25) is 0 Å². The van der Waals surface area contributed by atoms with Crippen molar-refractivity contribution in [1.29, 1.82) is 0 Å². The van der Waals surface area contributed by atoms with E-state index in [-0.39, 0.29) is 18.6 Å². The minimum atomic E-state index is -0.116. The minimum Gasteiger partial charge on any atom is -0.396 e. The molecule has 1 atom stereocenters. The maximum Gasteiger partial charge on any atom is 0.267 e. The Morgan fingerprint density at radius 1 is 1.62 bits per heavy atom. The van der Waals surface area contributed by atoms with E-state index in [9.17, 15) is 4.79 Å². The van der Waals surface area contributed by atoms with Gasteiger partial charge in [-0.2, -0.15) is 0 Å². The summed E-state index contributed by atoms with van der Waals surface area (Å²) in [5.74, 6) is 0.195. The van der Waals surface area contributed by atoms with E-state index in [2.05, 4.69) is 32.9 Å². The van der Waals surface area contributed by atoms with Crippen LogP contribution in [0.4, 0.5) is 0 Å². The maximum absolute atomic E-state index is 11.8. The molecule has 1 aromatic heterocycles. The first-order valence-electron chi connectivity index (χ1n) is 5.30. The topological polar surface area (TPSA) is 65.1 Å². The third kappa shape index (κ3) is 3.79. The monoisotopic (exact) mass is 336 g/mol. The van der Waals surface area contributed by atoms with Gasteiger partial charge >= 0.3 is 0 Å². The largest absolute Gasteiger partial charge is 0.396 e. The molecular weight excluding hydrogens is 319 g/mol. The van der Waals surface area contributed by atoms with Gasteiger partial charge in [-0.3, -0.25) is 4.79 Å². The number of hydrogen-bond donors (Lipinski definition) is 3. The molecule has 0 aliphatic carbocycles. The van der Waals surface area contributed by atoms with Gasteiger partial charge in [0.05, 0.1) is 0 Å². The molecular formula is C11H17IN2O2. The van der Waals surface area contributed by atoms with Crippen molar-refractivity contribution in [2.75, 3.05) is 6.61 Å². The van der Waals surface area contributed by atoms with Gasteiger partial charge in [-0.05, 0) is 41.0 Å². The van der Waals surface area contributed by atoms with Crippen LogP contribution < -0.4 is 5.32 Å². The number of aliphatic hydroxyl groups is 1. The molecule has 3 N–H and O–H groups in total. The second-order valence-electron chi connectivity index (χ2n) is 4.07. The molecule has 0 saturated carbocycles. The summed E-state index contributed by atoms with van der Waals surface area (Å²) >= 11 is 2.15. The third-order valence-corrected chi connectivity index (χ3v) is 3.08. The van der Waals surface area contributed by atoms with Crippen LogP contribution in [0.3, 0.4) is 0 Å². The van der Waals surface area contributed by atoms with Crippen LogP contribution in [0, 0.1) is 9.49 Å². The van der Waals surface area contributed by atoms with Crippen LogP contribution in [-0.4, -0.2) is 28.6 Å². The van der Waals surface area contributed by atoms with Crippen molar-refractivity contribution in [1.82, 2.24) is 10.3 Å². The molecule has 0 aromatic carbocycles. The standard InChI is InChI=1S/C11H17IN2O2/c1-7(2)9(3-4-15)14-11(16)10-5-8(12)6-13-10/h5-7,9,13,15H,3-4H2,1-2H3,(H,14,16). The highest BCUT2D eigenvalue weighted by Crippen LogP contribution is 2.09. The molecule has 1 aromatic rings. The number of aromatic nitrogens is 1. The first-order valence-corrected chi connectivity index (χ1v) is 6.38. The lowest BCUT2D eigenvalue weighted by Gasteiger charge is -2.21. The van der Waals surface area contributed by atoms with Crippen molar-refractivity contribution in [2.24, 2.45) is 5.92 Å². The van der Waals surface area contributed by atoms with E-state index >= 15 is 0 Å². The predicted molar refractivity (Wildman–Crippen MR) is 71.3 cm³/mol. The van der Waals surface area contributed by atoms with Gasteiger partial charge in [0.15, 0.2) is 0 Å². The molecule has 1 rings (SSSR count). The predicted octanol–water partition coefficient (Wildman–Crippen LogP) is 1.76. The van der Waals surface area contributed by atoms with Gasteiger partial charge < -0.3 is 15.4 Å². The molecule has 1 unspecified atom stereocenters. The molecule has 0 saturated heterocycles. The fourth-order valence-corrected chi connectivity index (χ4v) is 1.92. The Labute approximate surface area is 109 Å². The fourth-order valence-electron chi connectivity index (χ4n) is 1.46. The molecule has 0 aliphatic rings. The molecule has 0 bridgehead atoms. The van der Waals surface area contributed by atoms with Crippen molar-refractivity contribution >= 4 is 28.5 Å². The number of hydrogen-bond acceptors (Lipinski definition) is 2. The number of H-pyrrole nitrogens is 1. The van der Waals surface area contributed by atoms with Gasteiger partial charge in [-0.25, -0.2) is 0 Å². The second kappa shape index (κ2) is 6.24. The molecule has 1 amide bonds. The van der Waals surface area contributed by atoms with Crippen LogP contribution in [0.15, 0.2) is 12.3 Å². The van der Waals surface area contributed by atoms with E-state index in [1.807, 2.05) is 13.8 Å². The Morgan fingerprint density at radius 2 is 2.31 bits per heavy atom. The Bertz CT molecular complexity index is 350. The highest BCUT2D eigenvalue weighted by Gasteiger charge is 2.17. The first-order chi connectivity index (χ1) is 7.54. The molecule has 0 spiro atoms. The summed E-state index contributed by atoms with van der Waals surface area (Å²) in [5.41, 5.74) is 0.563. The average Bonchev–Trinajstić information content (AvgIpc) is 2.64. The Kier molecular flexibility index (Phi) is 5.27. The summed E-state index contributed by atoms with van der Waals surface area (Å²) in [6.45, 7) is 4.14. The van der Waals surface area contributed by atoms with Crippen LogP contribution >= 0.6 is 22.6 Å². The van der Waals surface area contributed by atoms with Gasteiger partial charge in [0.1, 0.15) is 5.69 Å². The molecule has 1 heterocycles. The van der Waals surface area contributed by atoms with Crippen LogP contribution in [-0.2, 0) is 0 Å². The fraction of sp³-hybridized carbons (Fsp3) is 0.545. The highest BCUT2D eigenvalue weighted by atomic mass is 127. The van der Waals surface area contributed by atoms with Crippen molar-refractivity contribution in [3.8, 4) is 0 Å². The molecule has 4 nitrogen and oxygen atoms in total. The van der Waals surface area contributed by atoms with E-state index < -0.39 is 0 Å². The average molecular weight is 336 g/mol. The van der Waals surface area contributed by atoms with Gasteiger partial charge in [0.2, 0.25) is 0 Å². The van der Waals surface area contributed by atoms with E-state index in [0.717, 1.165) is 3.57 Å². The molecule has 16 heavy (non-hydrogen) atoms. The number of aliphatic hydroxyl groups excluding tert-OH is 1. The zero-order chi connectivity index (χ0) is 12.1. The molecule has 0 aliphatic heterocycles. The van der Waals surface area contributed by atoms with Crippen molar-refractivity contribution in [2.45, 2.75) is 26.3 Å². The summed E-state index contributed by atoms with van der Waals surface area (Å²) in [5, 5.41) is 11.8. The lowest BCUT2D eigenvalue weighted by atomic mass is 10.0. The molecule has 0 fully saturated rings. The lowest BCUT2D eigenvalue weighted by molar-refractivity contribution is 0.0912. The Hall–Kier alpha value is -0.560. The van der Waals surface area contributed by atoms with E-state index in [1.165, 1.54) is 0 Å². The van der Waals surface area contributed by atoms with Gasteiger partial charge in [-0.1, -0.05) is 13.8 Å². The van der Waals surface area contributed by atoms with E-state index in [1.54, 1.807) is 12.3 Å². The van der Waals surface area contributed by atoms with Crippen molar-refractivity contribution < 1.29 is 9.90 Å². The minimum absolute atomic E-state index is 0.0125. The summed E-state index contributed by atoms with van der Waals surface area (Å²) in [6, 6.07) is 1.81. The SMILES string of the molecule is CC(C)C(CCO)NC(=O)c1cc(I)c[nH]1. The summed E-state index contributed by atoms with van der Waals surface area (Å²) in [4.78, 5) is 14.7. The normalized spacial score (nSPS) is 12.8. The number of nitrogens with one attached hydrogen (secondary N) is 2. The number of amides is 1. The van der Waals surface area contributed by atoms with Crippen LogP contribution in [0.1, 0.15) is 30.8 Å². The second-order valence-corrected chi connectivity index (χ2v) is 5.31. The lowest BCUT2D eigenvalue weighted by Crippen LogP contribution is -2.39. The maximum atomic E-state index is 11.8. The quantitative estimate of drug-likeness (QED) is 0.718. The number of carbonyl (C=O) groups is 1. The van der Waals surface area contributed by atoms with E-state index in [4.69, 9.17) is 5.11 Å². The Balaban J connectivity index is 2.61. The summed E-state index contributed by atoms with van der Waals surface area (Å²) in [6.07, 6.45) is 2.37. The zero-order valence-corrected chi connectivity index (χ0v) is 11.6. The Morgan fingerprint density at radius 3 is 2.75 bits per heavy atom. The van der Waals surface area contributed by atoms with Gasteiger partial charge in [-0.15, -0.1) is 0 Å². The van der Waals surface area contributed by atoms with Crippen LogP contribution in [0.5, 0.6) is 0 Å². The third-order valence-electron chi connectivity index (χ3n) is 2.45. The number of aromatic amines is 1. The van der Waals surface area contributed by atoms with Crippen LogP contribution in [0.25, 0.3) is 0 Å². The number of carbonyl (C=O) groups excluding carboxylic acids is 1. The molecule has 5 heteroatoms. The van der Waals surface area contributed by atoms with Crippen molar-refractivity contribution in [3.63, 3.8) is 0 Å². The molecule has 0 radical (unpaired) electrons. The summed E-state index contributed by atoms with van der Waals surface area (Å²) < 4.78 is 1.01. The number of rotatable bonds is 5. The molecule has 90 valence electrons. The summed E-state index contributed by atoms with van der Waals surface area (Å²) in [7, 11) is 0.